The first kappa shape index (κ1) is 119. The van der Waals surface area contributed by atoms with Crippen molar-refractivity contribution in [3.05, 3.63) is 0 Å². The minimum Gasteiger partial charge on any atom is -0.822 e. The number of hydrogen-bond donors (Lipinski definition) is 0. The van der Waals surface area contributed by atoms with Gasteiger partial charge in [-0.15, -0.1) is 0 Å². The van der Waals surface area contributed by atoms with Crippen molar-refractivity contribution >= 4 is 619 Å². The van der Waals surface area contributed by atoms with Gasteiger partial charge in [-0.1, -0.05) is 0 Å². The van der Waals surface area contributed by atoms with Crippen molar-refractivity contribution < 1.29 is 38.5 Å². The van der Waals surface area contributed by atoms with Crippen LogP contribution in [-0.2, 0) is 9.13 Å². The maximum atomic E-state index is 8.55. The summed E-state index contributed by atoms with van der Waals surface area (Å²) in [6, 6.07) is 0. The second kappa shape index (κ2) is 85.2. The van der Waals surface area contributed by atoms with Crippen LogP contribution in [0.25, 0.3) is 0 Å². The van der Waals surface area contributed by atoms with Crippen LogP contribution in [0.4, 0.5) is 0 Å². The van der Waals surface area contributed by atoms with Crippen molar-refractivity contribution in [3.8, 4) is 0 Å². The Balaban J connectivity index is -0.00000000190. The third-order valence-electron chi connectivity index (χ3n) is 0. The van der Waals surface area contributed by atoms with Crippen molar-refractivity contribution in [1.29, 1.82) is 0 Å². The third kappa shape index (κ3) is 201. The van der Waals surface area contributed by atoms with Crippen molar-refractivity contribution in [2.24, 2.45) is 0 Å². The molecule has 0 radical (unpaired) electrons. The van der Waals surface area contributed by atoms with Crippen LogP contribution < -0.4 is 29.4 Å². The molecule has 26 heavy (non-hydrogen) atoms. The summed E-state index contributed by atoms with van der Waals surface area (Å²) in [5, 5.41) is 0. The summed E-state index contributed by atoms with van der Waals surface area (Å²) < 4.78 is 17.1. The van der Waals surface area contributed by atoms with Gasteiger partial charge < -0.3 is 38.5 Å². The Hall–Kier alpha value is 20.4. The normalized spacial score (nSPS) is 4.54. The second-order valence-corrected chi connectivity index (χ2v) is 2.68. The Bertz CT molecular complexity index is 145. The fourth-order valence-electron chi connectivity index (χ4n) is 0. The Labute approximate surface area is 633 Å². The van der Waals surface area contributed by atoms with Gasteiger partial charge in [0.25, 0.3) is 0 Å². The van der Waals surface area contributed by atoms with Gasteiger partial charge in [-0.2, -0.15) is 15.6 Å². The molecule has 0 fully saturated rings. The van der Waals surface area contributed by atoms with Gasteiger partial charge in [0.1, 0.15) is 0 Å². The fraction of sp³-hybridized carbons (Fsp3) is 0. The van der Waals surface area contributed by atoms with E-state index in [9.17, 15) is 0 Å². The molecule has 0 aromatic rings. The first-order chi connectivity index (χ1) is 4.00. The molecule has 0 atom stereocenters. The van der Waals surface area contributed by atoms with Crippen molar-refractivity contribution in [2.45, 2.75) is 0 Å². The predicted octanol–water partition coefficient (Wildman–Crippen LogP) is -11.7. The molecule has 0 aliphatic carbocycles. The summed E-state index contributed by atoms with van der Waals surface area (Å²) in [4.78, 5) is 51.3. The Morgan fingerprint density at radius 2 is 0.269 bits per heavy atom. The van der Waals surface area contributed by atoms with E-state index in [4.69, 9.17) is 38.5 Å². The van der Waals surface area contributed by atoms with Gasteiger partial charge in [0.05, 0.1) is 0 Å². The molecule has 0 aliphatic heterocycles. The zero-order chi connectivity index (χ0) is 9.00. The maximum Gasteiger partial charge on any atom is 2.00 e. The minimum atomic E-state index is -5.39. The molecule has 8 nitrogen and oxygen atoms in total. The second-order valence-electron chi connectivity index (χ2n) is 0.894. The topological polar surface area (TPSA) is 172 Å². The first-order valence-corrected chi connectivity index (χ1v) is 4.38. The SMILES string of the molecule is O=P([O-])([O-])[O-].O=P([O-])([O-])[O-].[Ca+2].[Ca+2].[Ca+2].[Ca+2].[Ca+2].[Ca+2].[Ca+2].[Ca+2].[Ca+2].[Ca+2].[Ca+2].[Ca+2].[Ca+2].[Ca+2].[Ca+2].[Ca+2]. The molecule has 0 aromatic heterocycles. The summed E-state index contributed by atoms with van der Waals surface area (Å²) in [6.45, 7) is 0. The molecule has 0 heterocycles. The maximum absolute atomic E-state index is 8.55. The zero-order valence-corrected chi connectivity index (χ0v) is 52.6. The van der Waals surface area contributed by atoms with Gasteiger partial charge >= 0.3 is 604 Å². The molecule has 0 bridgehead atoms. The molecule has 64 valence electrons. The molecule has 26 heteroatoms. The van der Waals surface area contributed by atoms with Crippen LogP contribution in [0, 0.1) is 0 Å². The van der Waals surface area contributed by atoms with E-state index in [0.717, 1.165) is 0 Å². The Morgan fingerprint density at radius 3 is 0.269 bits per heavy atom. The number of rotatable bonds is 0. The van der Waals surface area contributed by atoms with E-state index in [2.05, 4.69) is 0 Å². The van der Waals surface area contributed by atoms with Gasteiger partial charge in [0, 0.05) is 0 Å². The van der Waals surface area contributed by atoms with Gasteiger partial charge in [-0.3, -0.25) is 0 Å². The van der Waals surface area contributed by atoms with Crippen LogP contribution in [0.5, 0.6) is 0 Å². The van der Waals surface area contributed by atoms with Crippen LogP contribution in [0.2, 0.25) is 0 Å². The number of hydrogen-bond acceptors (Lipinski definition) is 8. The summed E-state index contributed by atoms with van der Waals surface area (Å²) in [6.07, 6.45) is 0. The van der Waals surface area contributed by atoms with Crippen LogP contribution in [-0.4, -0.2) is 604 Å². The van der Waals surface area contributed by atoms with E-state index in [0.29, 0.717) is 0 Å². The number of phosphoric acid groups is 2. The minimum absolute atomic E-state index is 0. The Morgan fingerprint density at radius 1 is 0.269 bits per heavy atom. The molecule has 0 aliphatic rings. The van der Waals surface area contributed by atoms with Gasteiger partial charge in [0.2, 0.25) is 0 Å². The first-order valence-electron chi connectivity index (χ1n) is 1.46. The zero-order valence-electron chi connectivity index (χ0n) is 15.5. The van der Waals surface area contributed by atoms with E-state index >= 15 is 0 Å². The molecule has 0 rings (SSSR count). The van der Waals surface area contributed by atoms with E-state index in [1.54, 1.807) is 0 Å². The summed E-state index contributed by atoms with van der Waals surface area (Å²) in [7, 11) is -10.8. The molecule has 0 saturated heterocycles. The standard InChI is InChI=1S/16Ca.2H3O4P/c;;;;;;;;;;;;;;;;2*1-5(2,3)4/h;;;;;;;;;;;;;;;;2*(H3,1,2,3,4)/q16*+2;;/p-6. The smallest absolute Gasteiger partial charge is 0.822 e. The molecule has 0 spiro atoms. The largest absolute Gasteiger partial charge is 2.00 e. The molecular formula is Ca16O8P2+26. The molecule has 0 saturated carbocycles. The van der Waals surface area contributed by atoms with Crippen LogP contribution in [0.1, 0.15) is 0 Å². The quantitative estimate of drug-likeness (QED) is 0.171. The van der Waals surface area contributed by atoms with E-state index < -0.39 is 15.6 Å². The van der Waals surface area contributed by atoms with Crippen LogP contribution >= 0.6 is 15.6 Å². The van der Waals surface area contributed by atoms with E-state index in [1.807, 2.05) is 0 Å². The summed E-state index contributed by atoms with van der Waals surface area (Å²) >= 11 is 0. The van der Waals surface area contributed by atoms with Crippen molar-refractivity contribution in [2.75, 3.05) is 0 Å². The third-order valence-corrected chi connectivity index (χ3v) is 0. The van der Waals surface area contributed by atoms with Crippen LogP contribution in [0.3, 0.4) is 0 Å². The van der Waals surface area contributed by atoms with Gasteiger partial charge in [0.15, 0.2) is 0 Å². The monoisotopic (exact) mass is 829 g/mol. The molecule has 0 aromatic carbocycles. The molecular weight excluding hydrogens is 831 g/mol. The molecule has 0 amide bonds. The summed E-state index contributed by atoms with van der Waals surface area (Å²) in [5.41, 5.74) is 0. The van der Waals surface area contributed by atoms with E-state index in [1.165, 1.54) is 0 Å². The average Bonchev–Trinajstić information content (AvgIpc) is 1.12. The predicted molar refractivity (Wildman–Crippen MR) is 107 cm³/mol. The average molecular weight is 831 g/mol. The Kier molecular flexibility index (Phi) is 389. The van der Waals surface area contributed by atoms with Crippen molar-refractivity contribution in [1.82, 2.24) is 0 Å². The van der Waals surface area contributed by atoms with Gasteiger partial charge in [-0.25, -0.2) is 0 Å². The summed E-state index contributed by atoms with van der Waals surface area (Å²) in [5.74, 6) is 0. The molecule has 0 unspecified atom stereocenters. The fourth-order valence-corrected chi connectivity index (χ4v) is 0. The van der Waals surface area contributed by atoms with Gasteiger partial charge in [-0.05, 0) is 0 Å². The van der Waals surface area contributed by atoms with Crippen LogP contribution in [0.15, 0.2) is 0 Å². The van der Waals surface area contributed by atoms with Crippen molar-refractivity contribution in [3.63, 3.8) is 0 Å². The molecule has 0 N–H and O–H groups in total. The van der Waals surface area contributed by atoms with E-state index in [-0.39, 0.29) is 604 Å².